The van der Waals surface area contributed by atoms with Crippen LogP contribution in [0.4, 0.5) is 11.6 Å². The second-order valence-corrected chi connectivity index (χ2v) is 6.58. The van der Waals surface area contributed by atoms with E-state index in [0.717, 1.165) is 24.7 Å². The highest BCUT2D eigenvalue weighted by Gasteiger charge is 2.32. The van der Waals surface area contributed by atoms with Crippen molar-refractivity contribution in [1.82, 2.24) is 9.97 Å². The predicted molar refractivity (Wildman–Crippen MR) is 90.0 cm³/mol. The fraction of sp³-hybridized carbons (Fsp3) is 0.765. The zero-order valence-electron chi connectivity index (χ0n) is 14.0. The van der Waals surface area contributed by atoms with Gasteiger partial charge in [-0.25, -0.2) is 9.97 Å². The second-order valence-electron chi connectivity index (χ2n) is 6.58. The van der Waals surface area contributed by atoms with Crippen LogP contribution in [0.15, 0.2) is 6.33 Å². The molecule has 2 rings (SSSR count). The lowest BCUT2D eigenvalue weighted by Gasteiger charge is -2.29. The van der Waals surface area contributed by atoms with E-state index < -0.39 is 0 Å². The molecule has 1 saturated carbocycles. The smallest absolute Gasteiger partial charge is 0.135 e. The molecule has 0 aromatic carbocycles. The minimum Gasteiger partial charge on any atom is -0.370 e. The van der Waals surface area contributed by atoms with Gasteiger partial charge in [0.15, 0.2) is 0 Å². The summed E-state index contributed by atoms with van der Waals surface area (Å²) in [4.78, 5) is 8.91. The van der Waals surface area contributed by atoms with Gasteiger partial charge in [0.05, 0.1) is 0 Å². The van der Waals surface area contributed by atoms with Gasteiger partial charge in [-0.2, -0.15) is 0 Å². The molecule has 118 valence electrons. The molecule has 1 aliphatic rings. The molecule has 4 heteroatoms. The van der Waals surface area contributed by atoms with Crippen molar-refractivity contribution in [1.29, 1.82) is 0 Å². The van der Waals surface area contributed by atoms with Crippen molar-refractivity contribution >= 4 is 11.6 Å². The number of nitrogens with zero attached hydrogens (tertiary/aromatic N) is 2. The highest BCUT2D eigenvalue weighted by molar-refractivity contribution is 5.59. The molecule has 21 heavy (non-hydrogen) atoms. The van der Waals surface area contributed by atoms with E-state index >= 15 is 0 Å². The molecule has 0 bridgehead atoms. The number of hydrogen-bond acceptors (Lipinski definition) is 4. The van der Waals surface area contributed by atoms with Crippen LogP contribution in [0, 0.1) is 5.41 Å². The van der Waals surface area contributed by atoms with Crippen molar-refractivity contribution in [2.24, 2.45) is 5.41 Å². The third-order valence-corrected chi connectivity index (χ3v) is 4.85. The molecule has 0 spiro atoms. The van der Waals surface area contributed by atoms with Crippen LogP contribution in [-0.2, 0) is 0 Å². The van der Waals surface area contributed by atoms with E-state index in [0.29, 0.717) is 11.3 Å². The van der Waals surface area contributed by atoms with Gasteiger partial charge in [0.25, 0.3) is 0 Å². The van der Waals surface area contributed by atoms with Crippen LogP contribution in [0.1, 0.15) is 71.3 Å². The first kappa shape index (κ1) is 16.1. The summed E-state index contributed by atoms with van der Waals surface area (Å²) in [6.45, 7) is 10.7. The first-order valence-corrected chi connectivity index (χ1v) is 8.44. The van der Waals surface area contributed by atoms with Crippen LogP contribution < -0.4 is 10.6 Å². The largest absolute Gasteiger partial charge is 0.370 e. The normalized spacial score (nSPS) is 17.2. The Morgan fingerprint density at radius 1 is 1.10 bits per heavy atom. The summed E-state index contributed by atoms with van der Waals surface area (Å²) in [5, 5.41) is 6.99. The third-order valence-electron chi connectivity index (χ3n) is 4.85. The zero-order chi connectivity index (χ0) is 15.3. The number of anilines is 2. The fourth-order valence-electron chi connectivity index (χ4n) is 3.44. The van der Waals surface area contributed by atoms with Crippen LogP contribution in [0.25, 0.3) is 0 Å². The lowest BCUT2D eigenvalue weighted by molar-refractivity contribution is 0.306. The van der Waals surface area contributed by atoms with Crippen molar-refractivity contribution in [2.75, 3.05) is 23.7 Å². The lowest BCUT2D eigenvalue weighted by atomic mass is 9.83. The van der Waals surface area contributed by atoms with Gasteiger partial charge >= 0.3 is 0 Å². The van der Waals surface area contributed by atoms with Gasteiger partial charge in [-0.15, -0.1) is 0 Å². The van der Waals surface area contributed by atoms with Crippen LogP contribution in [0.5, 0.6) is 0 Å². The van der Waals surface area contributed by atoms with E-state index in [1.54, 1.807) is 6.33 Å². The number of aromatic nitrogens is 2. The highest BCUT2D eigenvalue weighted by atomic mass is 15.1. The maximum Gasteiger partial charge on any atom is 0.135 e. The SMILES string of the molecule is CCNc1ncnc(NCC2(CC)CCCC2)c1C(C)C. The van der Waals surface area contributed by atoms with Crippen LogP contribution in [-0.4, -0.2) is 23.1 Å². The van der Waals surface area contributed by atoms with Gasteiger partial charge in [0.1, 0.15) is 18.0 Å². The fourth-order valence-corrected chi connectivity index (χ4v) is 3.44. The van der Waals surface area contributed by atoms with E-state index in [1.807, 2.05) is 0 Å². The Hall–Kier alpha value is -1.32. The van der Waals surface area contributed by atoms with Crippen molar-refractivity contribution in [3.8, 4) is 0 Å². The average molecular weight is 290 g/mol. The summed E-state index contributed by atoms with van der Waals surface area (Å²) in [7, 11) is 0. The molecule has 4 nitrogen and oxygen atoms in total. The van der Waals surface area contributed by atoms with E-state index in [4.69, 9.17) is 0 Å². The van der Waals surface area contributed by atoms with Crippen LogP contribution >= 0.6 is 0 Å². The van der Waals surface area contributed by atoms with Crippen molar-refractivity contribution in [3.05, 3.63) is 11.9 Å². The molecule has 1 heterocycles. The van der Waals surface area contributed by atoms with Crippen molar-refractivity contribution < 1.29 is 0 Å². The lowest BCUT2D eigenvalue weighted by Crippen LogP contribution is -2.27. The van der Waals surface area contributed by atoms with Gasteiger partial charge in [-0.3, -0.25) is 0 Å². The molecule has 0 amide bonds. The first-order valence-electron chi connectivity index (χ1n) is 8.44. The monoisotopic (exact) mass is 290 g/mol. The number of rotatable bonds is 7. The molecule has 0 atom stereocenters. The maximum absolute atomic E-state index is 4.51. The van der Waals surface area contributed by atoms with Crippen molar-refractivity contribution in [3.63, 3.8) is 0 Å². The summed E-state index contributed by atoms with van der Waals surface area (Å²) >= 11 is 0. The Kier molecular flexibility index (Phi) is 5.43. The van der Waals surface area contributed by atoms with E-state index in [2.05, 4.69) is 48.3 Å². The zero-order valence-corrected chi connectivity index (χ0v) is 14.0. The minimum absolute atomic E-state index is 0.406. The molecule has 1 aromatic rings. The quantitative estimate of drug-likeness (QED) is 0.780. The number of hydrogen-bond donors (Lipinski definition) is 2. The standard InChI is InChI=1S/C17H30N4/c1-5-17(9-7-8-10-17)11-19-16-14(13(3)4)15(18-6-2)20-12-21-16/h12-13H,5-11H2,1-4H3,(H2,18,19,20,21). The molecule has 1 fully saturated rings. The molecule has 0 aliphatic heterocycles. The third kappa shape index (κ3) is 3.66. The summed E-state index contributed by atoms with van der Waals surface area (Å²) in [5.74, 6) is 2.39. The van der Waals surface area contributed by atoms with Crippen LogP contribution in [0.2, 0.25) is 0 Å². The highest BCUT2D eigenvalue weighted by Crippen LogP contribution is 2.41. The summed E-state index contributed by atoms with van der Waals surface area (Å²) < 4.78 is 0. The van der Waals surface area contributed by atoms with E-state index in [-0.39, 0.29) is 0 Å². The molecule has 0 unspecified atom stereocenters. The average Bonchev–Trinajstić information content (AvgIpc) is 2.95. The summed E-state index contributed by atoms with van der Waals surface area (Å²) in [6, 6.07) is 0. The van der Waals surface area contributed by atoms with Gasteiger partial charge < -0.3 is 10.6 Å². The van der Waals surface area contributed by atoms with Crippen LogP contribution in [0.3, 0.4) is 0 Å². The topological polar surface area (TPSA) is 49.8 Å². The summed E-state index contributed by atoms with van der Waals surface area (Å²) in [5.41, 5.74) is 1.68. The molecule has 1 aromatic heterocycles. The van der Waals surface area contributed by atoms with E-state index in [1.165, 1.54) is 37.7 Å². The minimum atomic E-state index is 0.406. The Morgan fingerprint density at radius 3 is 2.24 bits per heavy atom. The first-order chi connectivity index (χ1) is 10.1. The van der Waals surface area contributed by atoms with Gasteiger partial charge in [0.2, 0.25) is 0 Å². The van der Waals surface area contributed by atoms with Gasteiger partial charge in [0, 0.05) is 18.7 Å². The van der Waals surface area contributed by atoms with Crippen molar-refractivity contribution in [2.45, 2.75) is 65.7 Å². The molecule has 2 N–H and O–H groups in total. The van der Waals surface area contributed by atoms with Gasteiger partial charge in [-0.05, 0) is 37.5 Å². The molecular weight excluding hydrogens is 260 g/mol. The Labute approximate surface area is 129 Å². The summed E-state index contributed by atoms with van der Waals surface area (Å²) in [6.07, 6.45) is 8.36. The molecule has 0 saturated heterocycles. The van der Waals surface area contributed by atoms with Gasteiger partial charge in [-0.1, -0.05) is 33.6 Å². The van der Waals surface area contributed by atoms with E-state index in [9.17, 15) is 0 Å². The Balaban J connectivity index is 2.17. The Morgan fingerprint density at radius 2 is 1.71 bits per heavy atom. The maximum atomic E-state index is 4.51. The predicted octanol–water partition coefficient (Wildman–Crippen LogP) is 4.41. The second kappa shape index (κ2) is 7.10. The molecule has 0 radical (unpaired) electrons. The molecular formula is C17H30N4. The number of nitrogens with one attached hydrogen (secondary N) is 2. The Bertz CT molecular complexity index is 450. The molecule has 1 aliphatic carbocycles.